The van der Waals surface area contributed by atoms with Gasteiger partial charge in [0.1, 0.15) is 10.6 Å². The first-order chi connectivity index (χ1) is 15.4. The molecule has 0 aliphatic rings. The zero-order chi connectivity index (χ0) is 24.1. The molecule has 0 saturated heterocycles. The maximum atomic E-state index is 11.6. The lowest BCUT2D eigenvalue weighted by Gasteiger charge is -2.10. The smallest absolute Gasteiger partial charge is 0.295 e. The fourth-order valence-electron chi connectivity index (χ4n) is 3.41. The number of aromatic hydroxyl groups is 1. The Kier molecular flexibility index (Phi) is 5.21. The van der Waals surface area contributed by atoms with Crippen molar-refractivity contribution in [2.45, 2.75) is 9.79 Å². The molecule has 11 nitrogen and oxygen atoms in total. The number of nitrogen functional groups attached to an aromatic ring is 2. The lowest BCUT2D eigenvalue weighted by atomic mass is 10.1. The minimum atomic E-state index is -4.58. The average molecular weight is 489 g/mol. The molecule has 33 heavy (non-hydrogen) atoms. The van der Waals surface area contributed by atoms with Crippen LogP contribution in [0.15, 0.2) is 74.6 Å². The van der Waals surface area contributed by atoms with Crippen molar-refractivity contribution < 1.29 is 31.0 Å². The standard InChI is InChI=1S/C20H16N4O7S2/c21-14-4-7-16(13-9-10(32(26,27)28)1-2-11(13)14)23-24-17-6-3-12-18(33(29,30)31)8-5-15(22)19(12)20(17)25/h1-9,25H,21-22H2,(H,26,27,28)(H,29,30,31). The van der Waals surface area contributed by atoms with Crippen molar-refractivity contribution in [1.82, 2.24) is 0 Å². The predicted molar refractivity (Wildman–Crippen MR) is 122 cm³/mol. The Labute approximate surface area is 187 Å². The lowest BCUT2D eigenvalue weighted by molar-refractivity contribution is 0.480. The number of hydrogen-bond acceptors (Lipinski definition) is 9. The van der Waals surface area contributed by atoms with E-state index in [0.29, 0.717) is 11.1 Å². The maximum Gasteiger partial charge on any atom is 0.295 e. The highest BCUT2D eigenvalue weighted by molar-refractivity contribution is 7.86. The normalized spacial score (nSPS) is 12.7. The number of hydrogen-bond donors (Lipinski definition) is 5. The van der Waals surface area contributed by atoms with Crippen LogP contribution in [0.5, 0.6) is 5.75 Å². The Hall–Kier alpha value is -3.78. The molecule has 7 N–H and O–H groups in total. The lowest BCUT2D eigenvalue weighted by Crippen LogP contribution is -2.00. The Balaban J connectivity index is 1.90. The summed E-state index contributed by atoms with van der Waals surface area (Å²) in [6, 6.07) is 11.7. The van der Waals surface area contributed by atoms with Crippen molar-refractivity contribution in [3.05, 3.63) is 54.6 Å². The number of nitrogens with zero attached hydrogens (tertiary/aromatic N) is 2. The number of rotatable bonds is 4. The minimum absolute atomic E-state index is 0.00956. The van der Waals surface area contributed by atoms with Crippen molar-refractivity contribution in [2.75, 3.05) is 11.5 Å². The summed E-state index contributed by atoms with van der Waals surface area (Å²) in [4.78, 5) is -0.802. The molecule has 4 aromatic rings. The topological polar surface area (TPSA) is 206 Å². The molecule has 170 valence electrons. The van der Waals surface area contributed by atoms with E-state index in [9.17, 15) is 31.0 Å². The predicted octanol–water partition coefficient (Wildman–Crippen LogP) is 3.77. The molecule has 0 aromatic heterocycles. The summed E-state index contributed by atoms with van der Waals surface area (Å²) in [5.74, 6) is -0.474. The van der Waals surface area contributed by atoms with E-state index in [4.69, 9.17) is 11.5 Å². The number of benzene rings is 4. The minimum Gasteiger partial charge on any atom is -0.505 e. The molecule has 0 spiro atoms. The van der Waals surface area contributed by atoms with Gasteiger partial charge in [-0.25, -0.2) is 0 Å². The zero-order valence-corrected chi connectivity index (χ0v) is 18.2. The van der Waals surface area contributed by atoms with Crippen LogP contribution in [0.4, 0.5) is 22.7 Å². The van der Waals surface area contributed by atoms with Crippen LogP contribution in [-0.2, 0) is 20.2 Å². The van der Waals surface area contributed by atoms with E-state index in [2.05, 4.69) is 10.2 Å². The second-order valence-corrected chi connectivity index (χ2v) is 9.85. The molecule has 0 atom stereocenters. The summed E-state index contributed by atoms with van der Waals surface area (Å²) in [5.41, 5.74) is 12.3. The molecular formula is C20H16N4O7S2. The van der Waals surface area contributed by atoms with E-state index < -0.39 is 30.9 Å². The first-order valence-corrected chi connectivity index (χ1v) is 12.0. The van der Waals surface area contributed by atoms with E-state index in [0.717, 1.165) is 6.07 Å². The molecule has 0 heterocycles. The van der Waals surface area contributed by atoms with Crippen molar-refractivity contribution >= 4 is 64.5 Å². The van der Waals surface area contributed by atoms with Gasteiger partial charge in [0.25, 0.3) is 20.2 Å². The summed E-state index contributed by atoms with van der Waals surface area (Å²) in [5, 5.41) is 19.4. The molecule has 4 aromatic carbocycles. The summed E-state index contributed by atoms with van der Waals surface area (Å²) in [6.07, 6.45) is 0. The highest BCUT2D eigenvalue weighted by Crippen LogP contribution is 2.41. The van der Waals surface area contributed by atoms with Gasteiger partial charge in [-0.3, -0.25) is 9.11 Å². The van der Waals surface area contributed by atoms with Crippen LogP contribution in [0.3, 0.4) is 0 Å². The van der Waals surface area contributed by atoms with Crippen LogP contribution in [0, 0.1) is 0 Å². The Morgan fingerprint density at radius 1 is 0.667 bits per heavy atom. The van der Waals surface area contributed by atoms with E-state index in [1.54, 1.807) is 0 Å². The number of azo groups is 1. The molecule has 0 aliphatic carbocycles. The van der Waals surface area contributed by atoms with Gasteiger partial charge in [0.15, 0.2) is 5.75 Å². The first-order valence-electron chi connectivity index (χ1n) is 9.11. The van der Waals surface area contributed by atoms with Gasteiger partial charge in [-0.15, -0.1) is 10.2 Å². The van der Waals surface area contributed by atoms with Crippen LogP contribution in [0.25, 0.3) is 21.5 Å². The summed E-state index contributed by atoms with van der Waals surface area (Å²) in [7, 11) is -9.06. The number of anilines is 2. The largest absolute Gasteiger partial charge is 0.505 e. The van der Waals surface area contributed by atoms with Crippen LogP contribution < -0.4 is 11.5 Å². The fourth-order valence-corrected chi connectivity index (χ4v) is 4.61. The Bertz CT molecular complexity index is 1700. The number of nitrogens with two attached hydrogens (primary N) is 2. The van der Waals surface area contributed by atoms with Gasteiger partial charge in [-0.2, -0.15) is 16.8 Å². The van der Waals surface area contributed by atoms with Crippen LogP contribution >= 0.6 is 0 Å². The highest BCUT2D eigenvalue weighted by Gasteiger charge is 2.19. The third-order valence-electron chi connectivity index (χ3n) is 4.97. The van der Waals surface area contributed by atoms with Gasteiger partial charge in [-0.05, 0) is 42.5 Å². The SMILES string of the molecule is Nc1ccc(N=Nc2ccc3c(S(=O)(=O)O)ccc(N)c3c2O)c2cc(S(=O)(=O)O)ccc12. The van der Waals surface area contributed by atoms with Gasteiger partial charge in [0, 0.05) is 27.5 Å². The molecule has 0 amide bonds. The van der Waals surface area contributed by atoms with Gasteiger partial charge in [-0.1, -0.05) is 12.1 Å². The van der Waals surface area contributed by atoms with Gasteiger partial charge >= 0.3 is 0 Å². The average Bonchev–Trinajstić information content (AvgIpc) is 2.73. The van der Waals surface area contributed by atoms with Crippen molar-refractivity contribution in [2.24, 2.45) is 10.2 Å². The van der Waals surface area contributed by atoms with E-state index >= 15 is 0 Å². The molecule has 0 radical (unpaired) electrons. The second-order valence-electron chi connectivity index (χ2n) is 7.04. The van der Waals surface area contributed by atoms with Crippen molar-refractivity contribution in [1.29, 1.82) is 0 Å². The second kappa shape index (κ2) is 7.67. The zero-order valence-electron chi connectivity index (χ0n) is 16.5. The van der Waals surface area contributed by atoms with Crippen molar-refractivity contribution in [3.63, 3.8) is 0 Å². The van der Waals surface area contributed by atoms with Crippen LogP contribution in [0.2, 0.25) is 0 Å². The Morgan fingerprint density at radius 3 is 1.94 bits per heavy atom. The third kappa shape index (κ3) is 4.05. The van der Waals surface area contributed by atoms with Crippen LogP contribution in [0.1, 0.15) is 0 Å². The molecule has 4 rings (SSSR count). The molecule has 0 saturated carbocycles. The molecule has 0 unspecified atom stereocenters. The number of phenolic OH excluding ortho intramolecular Hbond substituents is 1. The van der Waals surface area contributed by atoms with Gasteiger partial charge in [0.05, 0.1) is 16.0 Å². The fraction of sp³-hybridized carbons (Fsp3) is 0. The molecule has 0 bridgehead atoms. The molecular weight excluding hydrogens is 472 g/mol. The summed E-state index contributed by atoms with van der Waals surface area (Å²) in [6.45, 7) is 0. The first kappa shape index (κ1) is 22.4. The quantitative estimate of drug-likeness (QED) is 0.161. The van der Waals surface area contributed by atoms with E-state index in [1.165, 1.54) is 48.5 Å². The van der Waals surface area contributed by atoms with E-state index in [1.807, 2.05) is 0 Å². The number of phenols is 1. The molecule has 0 aliphatic heterocycles. The molecule has 0 fully saturated rings. The summed E-state index contributed by atoms with van der Waals surface area (Å²) >= 11 is 0. The summed E-state index contributed by atoms with van der Waals surface area (Å²) < 4.78 is 65.1. The van der Waals surface area contributed by atoms with E-state index in [-0.39, 0.29) is 38.1 Å². The monoisotopic (exact) mass is 488 g/mol. The molecule has 13 heteroatoms. The van der Waals surface area contributed by atoms with Crippen LogP contribution in [-0.4, -0.2) is 31.0 Å². The third-order valence-corrected chi connectivity index (χ3v) is 6.73. The highest BCUT2D eigenvalue weighted by atomic mass is 32.2. The van der Waals surface area contributed by atoms with Gasteiger partial charge in [0.2, 0.25) is 0 Å². The van der Waals surface area contributed by atoms with Gasteiger partial charge < -0.3 is 16.6 Å². The van der Waals surface area contributed by atoms with Crippen molar-refractivity contribution in [3.8, 4) is 5.75 Å². The number of fused-ring (bicyclic) bond motifs is 2. The maximum absolute atomic E-state index is 11.6. The Morgan fingerprint density at radius 2 is 1.27 bits per heavy atom.